The van der Waals surface area contributed by atoms with Crippen molar-refractivity contribution < 1.29 is 0 Å². The first-order valence-electron chi connectivity index (χ1n) is 6.33. The van der Waals surface area contributed by atoms with Crippen LogP contribution in [0.4, 0.5) is 0 Å². The first-order valence-corrected chi connectivity index (χ1v) is 6.33. The number of aryl methyl sites for hydroxylation is 1. The molecule has 0 unspecified atom stereocenters. The molecule has 0 amide bonds. The quantitative estimate of drug-likeness (QED) is 0.729. The normalized spacial score (nSPS) is 10.4. The molecule has 3 rings (SSSR count). The zero-order chi connectivity index (χ0) is 14.1. The minimum absolute atomic E-state index is 0.160. The van der Waals surface area contributed by atoms with Crippen molar-refractivity contribution in [1.29, 1.82) is 5.26 Å². The molecule has 0 aliphatic rings. The molecule has 0 saturated heterocycles. The fourth-order valence-corrected chi connectivity index (χ4v) is 2.28. The van der Waals surface area contributed by atoms with Crippen LogP contribution in [0.15, 0.2) is 53.3 Å². The Hall–Kier alpha value is -2.86. The summed E-state index contributed by atoms with van der Waals surface area (Å²) in [6.07, 6.45) is 0. The Morgan fingerprint density at radius 2 is 1.75 bits per heavy atom. The third-order valence-electron chi connectivity index (χ3n) is 3.36. The summed E-state index contributed by atoms with van der Waals surface area (Å²) < 4.78 is 0. The molecule has 0 spiro atoms. The third-order valence-corrected chi connectivity index (χ3v) is 3.36. The van der Waals surface area contributed by atoms with Gasteiger partial charge in [-0.2, -0.15) is 5.26 Å². The van der Waals surface area contributed by atoms with E-state index in [1.54, 1.807) is 12.1 Å². The van der Waals surface area contributed by atoms with Gasteiger partial charge in [0.25, 0.3) is 0 Å². The van der Waals surface area contributed by atoms with Crippen molar-refractivity contribution in [2.24, 2.45) is 0 Å². The molecule has 2 aromatic carbocycles. The molecule has 96 valence electrons. The van der Waals surface area contributed by atoms with Gasteiger partial charge in [-0.25, -0.2) is 0 Å². The summed E-state index contributed by atoms with van der Waals surface area (Å²) in [6, 6.07) is 17.0. The second-order valence-electron chi connectivity index (χ2n) is 4.73. The van der Waals surface area contributed by atoms with Gasteiger partial charge in [0.05, 0.1) is 5.69 Å². The molecule has 0 aliphatic carbocycles. The fraction of sp³-hybridized carbons (Fsp3) is 0.0588. The number of fused-ring (bicyclic) bond motifs is 1. The van der Waals surface area contributed by atoms with E-state index in [-0.39, 0.29) is 11.0 Å². The summed E-state index contributed by atoms with van der Waals surface area (Å²) in [6.45, 7) is 2.00. The van der Waals surface area contributed by atoms with Gasteiger partial charge in [0.15, 0.2) is 0 Å². The number of aromatic amines is 1. The van der Waals surface area contributed by atoms with Crippen molar-refractivity contribution in [1.82, 2.24) is 4.98 Å². The van der Waals surface area contributed by atoms with Gasteiger partial charge < -0.3 is 4.98 Å². The van der Waals surface area contributed by atoms with Crippen molar-refractivity contribution in [3.8, 4) is 17.3 Å². The molecular weight excluding hydrogens is 248 g/mol. The van der Waals surface area contributed by atoms with Gasteiger partial charge in [-0.3, -0.25) is 4.79 Å². The van der Waals surface area contributed by atoms with Crippen molar-refractivity contribution >= 4 is 10.9 Å². The van der Waals surface area contributed by atoms with Crippen LogP contribution >= 0.6 is 0 Å². The number of para-hydroxylation sites is 1. The van der Waals surface area contributed by atoms with Crippen molar-refractivity contribution in [2.45, 2.75) is 6.92 Å². The number of H-pyrrole nitrogens is 1. The Bertz CT molecular complexity index is 883. The summed E-state index contributed by atoms with van der Waals surface area (Å²) in [7, 11) is 0. The number of aromatic nitrogens is 1. The maximum absolute atomic E-state index is 12.4. The molecule has 20 heavy (non-hydrogen) atoms. The Balaban J connectivity index is 2.38. The molecule has 0 fully saturated rings. The Labute approximate surface area is 116 Å². The van der Waals surface area contributed by atoms with Crippen molar-refractivity contribution in [2.75, 3.05) is 0 Å². The lowest BCUT2D eigenvalue weighted by atomic mass is 10.0. The number of hydrogen-bond donors (Lipinski definition) is 1. The molecule has 3 nitrogen and oxygen atoms in total. The van der Waals surface area contributed by atoms with Gasteiger partial charge in [0, 0.05) is 10.9 Å². The Morgan fingerprint density at radius 1 is 1.05 bits per heavy atom. The smallest absolute Gasteiger partial charge is 0.207 e. The predicted molar refractivity (Wildman–Crippen MR) is 79.5 cm³/mol. The van der Waals surface area contributed by atoms with Gasteiger partial charge in [-0.1, -0.05) is 42.0 Å². The average Bonchev–Trinajstić information content (AvgIpc) is 2.48. The van der Waals surface area contributed by atoms with E-state index in [1.807, 2.05) is 49.4 Å². The molecule has 3 heteroatoms. The molecule has 0 saturated carbocycles. The molecule has 3 aromatic rings. The number of rotatable bonds is 1. The Kier molecular flexibility index (Phi) is 2.85. The molecule has 1 aromatic heterocycles. The van der Waals surface area contributed by atoms with E-state index in [0.29, 0.717) is 11.1 Å². The van der Waals surface area contributed by atoms with Gasteiger partial charge in [-0.15, -0.1) is 0 Å². The zero-order valence-electron chi connectivity index (χ0n) is 11.0. The van der Waals surface area contributed by atoms with E-state index >= 15 is 0 Å². The maximum Gasteiger partial charge on any atom is 0.207 e. The van der Waals surface area contributed by atoms with E-state index < -0.39 is 0 Å². The molecule has 1 N–H and O–H groups in total. The molecule has 0 atom stereocenters. The van der Waals surface area contributed by atoms with Gasteiger partial charge in [0.2, 0.25) is 5.43 Å². The standard InChI is InChI=1S/C17H12N2O/c1-11-6-8-12(9-7-11)16-14(10-18)17(20)13-4-2-3-5-15(13)19-16/h2-9H,1H3,(H,19,20). The molecule has 1 heterocycles. The maximum atomic E-state index is 12.4. The van der Waals surface area contributed by atoms with E-state index in [9.17, 15) is 10.1 Å². The minimum atomic E-state index is -0.225. The summed E-state index contributed by atoms with van der Waals surface area (Å²) in [4.78, 5) is 15.6. The Morgan fingerprint density at radius 3 is 2.45 bits per heavy atom. The van der Waals surface area contributed by atoms with Crippen LogP contribution in [0.25, 0.3) is 22.2 Å². The predicted octanol–water partition coefficient (Wildman–Crippen LogP) is 3.38. The number of benzene rings is 2. The zero-order valence-corrected chi connectivity index (χ0v) is 11.0. The van der Waals surface area contributed by atoms with Gasteiger partial charge in [-0.05, 0) is 24.6 Å². The molecule has 0 bridgehead atoms. The second kappa shape index (κ2) is 4.67. The highest BCUT2D eigenvalue weighted by molar-refractivity contribution is 5.84. The van der Waals surface area contributed by atoms with Crippen molar-refractivity contribution in [3.63, 3.8) is 0 Å². The van der Waals surface area contributed by atoms with E-state index in [4.69, 9.17) is 0 Å². The summed E-state index contributed by atoms with van der Waals surface area (Å²) >= 11 is 0. The number of nitrogens with one attached hydrogen (secondary N) is 1. The van der Waals surface area contributed by atoms with Crippen molar-refractivity contribution in [3.05, 3.63) is 69.9 Å². The summed E-state index contributed by atoms with van der Waals surface area (Å²) in [5.41, 5.74) is 3.23. The van der Waals surface area contributed by atoms with Crippen LogP contribution in [0.5, 0.6) is 0 Å². The number of nitrogens with zero attached hydrogens (tertiary/aromatic N) is 1. The molecular formula is C17H12N2O. The van der Waals surface area contributed by atoms with Gasteiger partial charge >= 0.3 is 0 Å². The highest BCUT2D eigenvalue weighted by Gasteiger charge is 2.12. The lowest BCUT2D eigenvalue weighted by Gasteiger charge is -2.07. The lowest BCUT2D eigenvalue weighted by Crippen LogP contribution is -2.10. The van der Waals surface area contributed by atoms with Crippen LogP contribution in [0.1, 0.15) is 11.1 Å². The van der Waals surface area contributed by atoms with Crippen LogP contribution in [-0.4, -0.2) is 4.98 Å². The highest BCUT2D eigenvalue weighted by atomic mass is 16.1. The van der Waals surface area contributed by atoms with E-state index in [2.05, 4.69) is 4.98 Å². The largest absolute Gasteiger partial charge is 0.353 e. The lowest BCUT2D eigenvalue weighted by molar-refractivity contribution is 1.33. The monoisotopic (exact) mass is 260 g/mol. The number of hydrogen-bond acceptors (Lipinski definition) is 2. The summed E-state index contributed by atoms with van der Waals surface area (Å²) in [5.74, 6) is 0. The van der Waals surface area contributed by atoms with Crippen LogP contribution in [-0.2, 0) is 0 Å². The average molecular weight is 260 g/mol. The fourth-order valence-electron chi connectivity index (χ4n) is 2.28. The van der Waals surface area contributed by atoms with E-state index in [1.165, 1.54) is 0 Å². The number of nitriles is 1. The first-order chi connectivity index (χ1) is 9.70. The highest BCUT2D eigenvalue weighted by Crippen LogP contribution is 2.22. The van der Waals surface area contributed by atoms with Gasteiger partial charge in [0.1, 0.15) is 11.6 Å². The molecule has 0 radical (unpaired) electrons. The SMILES string of the molecule is Cc1ccc(-c2[nH]c3ccccc3c(=O)c2C#N)cc1. The van der Waals surface area contributed by atoms with Crippen LogP contribution in [0, 0.1) is 18.3 Å². The number of pyridine rings is 1. The third kappa shape index (κ3) is 1.88. The summed E-state index contributed by atoms with van der Waals surface area (Å²) in [5, 5.41) is 9.85. The second-order valence-corrected chi connectivity index (χ2v) is 4.73. The van der Waals surface area contributed by atoms with Crippen LogP contribution in [0.3, 0.4) is 0 Å². The van der Waals surface area contributed by atoms with Crippen LogP contribution in [0.2, 0.25) is 0 Å². The van der Waals surface area contributed by atoms with E-state index in [0.717, 1.165) is 16.6 Å². The first kappa shape index (κ1) is 12.2. The van der Waals surface area contributed by atoms with Crippen LogP contribution < -0.4 is 5.43 Å². The molecule has 0 aliphatic heterocycles. The topological polar surface area (TPSA) is 56.6 Å². The minimum Gasteiger partial charge on any atom is -0.353 e.